The molecule has 0 saturated heterocycles. The third-order valence-electron chi connectivity index (χ3n) is 0.347. The van der Waals surface area contributed by atoms with Gasteiger partial charge >= 0.3 is 0 Å². The number of hydrogen-bond donors (Lipinski definition) is 1. The summed E-state index contributed by atoms with van der Waals surface area (Å²) in [7, 11) is 0. The van der Waals surface area contributed by atoms with Crippen molar-refractivity contribution in [3.8, 4) is 0 Å². The van der Waals surface area contributed by atoms with Crippen LogP contribution in [0, 0.1) is 0 Å². The largest absolute Gasteiger partial charge is 0.412 e. The van der Waals surface area contributed by atoms with E-state index in [4.69, 9.17) is 0 Å². The zero-order chi connectivity index (χ0) is 5.15. The standard InChI is InChI=1S/C3H5NO2.2H2O/c1-2(5)3(4)6;;/h1H3,(H2,4,6);2*1H2. The van der Waals surface area contributed by atoms with E-state index in [0.717, 1.165) is 6.92 Å². The van der Waals surface area contributed by atoms with Gasteiger partial charge < -0.3 is 16.7 Å². The van der Waals surface area contributed by atoms with E-state index in [9.17, 15) is 9.59 Å². The van der Waals surface area contributed by atoms with Gasteiger partial charge in [0.2, 0.25) is 5.78 Å². The first-order chi connectivity index (χ1) is 2.64. The predicted molar refractivity (Wildman–Crippen MR) is 27.1 cm³/mol. The van der Waals surface area contributed by atoms with E-state index in [-0.39, 0.29) is 11.0 Å². The van der Waals surface area contributed by atoms with Gasteiger partial charge in [-0.25, -0.2) is 0 Å². The number of primary amides is 1. The molecule has 50 valence electrons. The zero-order valence-electron chi connectivity index (χ0n) is 4.39. The van der Waals surface area contributed by atoms with Gasteiger partial charge in [0, 0.05) is 6.92 Å². The Labute approximate surface area is 46.1 Å². The van der Waals surface area contributed by atoms with Crippen LogP contribution in [0.1, 0.15) is 6.92 Å². The van der Waals surface area contributed by atoms with Crippen molar-refractivity contribution in [3.63, 3.8) is 0 Å². The van der Waals surface area contributed by atoms with Gasteiger partial charge in [0.15, 0.2) is 0 Å². The molecule has 0 aromatic rings. The summed E-state index contributed by atoms with van der Waals surface area (Å²) in [4.78, 5) is 19.2. The number of carbonyl (C=O) groups is 2. The van der Waals surface area contributed by atoms with Crippen molar-refractivity contribution < 1.29 is 20.5 Å². The minimum atomic E-state index is -0.880. The number of ketones is 1. The van der Waals surface area contributed by atoms with Gasteiger partial charge in [-0.1, -0.05) is 0 Å². The Balaban J connectivity index is -0.000000125. The van der Waals surface area contributed by atoms with E-state index < -0.39 is 11.7 Å². The lowest BCUT2D eigenvalue weighted by Gasteiger charge is -1.74. The lowest BCUT2D eigenvalue weighted by molar-refractivity contribution is -0.134. The van der Waals surface area contributed by atoms with Crippen LogP contribution in [0.4, 0.5) is 0 Å². The summed E-state index contributed by atoms with van der Waals surface area (Å²) < 4.78 is 0. The van der Waals surface area contributed by atoms with Crippen molar-refractivity contribution in [1.29, 1.82) is 0 Å². The van der Waals surface area contributed by atoms with Gasteiger partial charge in [0.05, 0.1) is 0 Å². The summed E-state index contributed by atoms with van der Waals surface area (Å²) in [6.07, 6.45) is 0. The first kappa shape index (κ1) is 15.7. The van der Waals surface area contributed by atoms with E-state index in [1.165, 1.54) is 0 Å². The van der Waals surface area contributed by atoms with Crippen molar-refractivity contribution >= 4 is 11.7 Å². The maximum atomic E-state index is 9.67. The fraction of sp³-hybridized carbons (Fsp3) is 0.333. The second kappa shape index (κ2) is 6.06. The fourth-order valence-electron chi connectivity index (χ4n) is 0. The maximum absolute atomic E-state index is 9.67. The number of rotatable bonds is 1. The Bertz CT molecular complexity index is 77.3. The summed E-state index contributed by atoms with van der Waals surface area (Å²) >= 11 is 0. The molecule has 0 heterocycles. The van der Waals surface area contributed by atoms with Crippen molar-refractivity contribution in [1.82, 2.24) is 0 Å². The number of nitrogens with two attached hydrogens (primary N) is 1. The highest BCUT2D eigenvalue weighted by Gasteiger charge is 1.95. The summed E-state index contributed by atoms with van der Waals surface area (Å²) in [5.74, 6) is -1.48. The van der Waals surface area contributed by atoms with Crippen LogP contribution in [0.3, 0.4) is 0 Å². The Morgan fingerprint density at radius 3 is 1.38 bits per heavy atom. The summed E-state index contributed by atoms with van der Waals surface area (Å²) in [6, 6.07) is 0. The number of Topliss-reactive ketones (excluding diaryl/α,β-unsaturated/α-hetero) is 1. The molecule has 5 nitrogen and oxygen atoms in total. The molecule has 0 radical (unpaired) electrons. The van der Waals surface area contributed by atoms with Crippen LogP contribution in [0.15, 0.2) is 0 Å². The molecule has 8 heavy (non-hydrogen) atoms. The molecule has 0 rings (SSSR count). The molecule has 0 aliphatic rings. The average Bonchev–Trinajstić information content (AvgIpc) is 1.36. The minimum absolute atomic E-state index is 0. The Hall–Kier alpha value is -0.940. The van der Waals surface area contributed by atoms with Gasteiger partial charge in [0.1, 0.15) is 0 Å². The average molecular weight is 123 g/mol. The van der Waals surface area contributed by atoms with E-state index >= 15 is 0 Å². The summed E-state index contributed by atoms with van der Waals surface area (Å²) in [6.45, 7) is 1.13. The van der Waals surface area contributed by atoms with Gasteiger partial charge in [-0.2, -0.15) is 0 Å². The first-order valence-electron chi connectivity index (χ1n) is 1.45. The fourth-order valence-corrected chi connectivity index (χ4v) is 0. The second-order valence-electron chi connectivity index (χ2n) is 0.920. The molecule has 0 aromatic carbocycles. The number of carbonyl (C=O) groups excluding carboxylic acids is 2. The van der Waals surface area contributed by atoms with Crippen LogP contribution in [0.2, 0.25) is 0 Å². The smallest absolute Gasteiger partial charge is 0.284 e. The van der Waals surface area contributed by atoms with Gasteiger partial charge in [-0.15, -0.1) is 0 Å². The Kier molecular flexibility index (Phi) is 11.9. The maximum Gasteiger partial charge on any atom is 0.284 e. The van der Waals surface area contributed by atoms with Crippen molar-refractivity contribution in [2.75, 3.05) is 0 Å². The molecule has 0 unspecified atom stereocenters. The highest BCUT2D eigenvalue weighted by molar-refractivity contribution is 6.34. The Morgan fingerprint density at radius 2 is 1.38 bits per heavy atom. The van der Waals surface area contributed by atoms with Crippen LogP contribution in [0.5, 0.6) is 0 Å². The predicted octanol–water partition coefficient (Wildman–Crippen LogP) is -2.59. The normalized spacial score (nSPS) is 5.62. The van der Waals surface area contributed by atoms with Crippen molar-refractivity contribution in [2.45, 2.75) is 6.92 Å². The molecule has 0 aliphatic carbocycles. The molecular formula is C3H9NO4. The number of amides is 1. The van der Waals surface area contributed by atoms with Crippen LogP contribution in [-0.4, -0.2) is 22.6 Å². The molecule has 0 saturated carbocycles. The molecular weight excluding hydrogens is 114 g/mol. The molecule has 0 spiro atoms. The summed E-state index contributed by atoms with van der Waals surface area (Å²) in [5.41, 5.74) is 4.45. The van der Waals surface area contributed by atoms with Gasteiger partial charge in [-0.05, 0) is 0 Å². The third-order valence-corrected chi connectivity index (χ3v) is 0.347. The van der Waals surface area contributed by atoms with Crippen molar-refractivity contribution in [3.05, 3.63) is 0 Å². The minimum Gasteiger partial charge on any atom is -0.412 e. The van der Waals surface area contributed by atoms with Crippen LogP contribution < -0.4 is 5.73 Å². The second-order valence-corrected chi connectivity index (χ2v) is 0.920. The topological polar surface area (TPSA) is 123 Å². The Morgan fingerprint density at radius 1 is 1.25 bits per heavy atom. The molecule has 0 aliphatic heterocycles. The van der Waals surface area contributed by atoms with E-state index in [1.54, 1.807) is 0 Å². The lowest BCUT2D eigenvalue weighted by Crippen LogP contribution is -2.19. The highest BCUT2D eigenvalue weighted by atomic mass is 16.2. The van der Waals surface area contributed by atoms with E-state index in [1.807, 2.05) is 0 Å². The zero-order valence-corrected chi connectivity index (χ0v) is 4.39. The monoisotopic (exact) mass is 123 g/mol. The lowest BCUT2D eigenvalue weighted by atomic mass is 10.4. The quantitative estimate of drug-likeness (QED) is 0.384. The summed E-state index contributed by atoms with van der Waals surface area (Å²) in [5, 5.41) is 0. The molecule has 0 fully saturated rings. The molecule has 0 aromatic heterocycles. The molecule has 6 N–H and O–H groups in total. The molecule has 1 amide bonds. The first-order valence-corrected chi connectivity index (χ1v) is 1.45. The van der Waals surface area contributed by atoms with Gasteiger partial charge in [0.25, 0.3) is 5.91 Å². The molecule has 5 heteroatoms. The third kappa shape index (κ3) is 8.91. The SMILES string of the molecule is CC(=O)C(N)=O.O.O. The molecule has 0 atom stereocenters. The molecule has 0 bridgehead atoms. The van der Waals surface area contributed by atoms with E-state index in [0.29, 0.717) is 0 Å². The highest BCUT2D eigenvalue weighted by Crippen LogP contribution is 1.57. The van der Waals surface area contributed by atoms with Gasteiger partial charge in [-0.3, -0.25) is 9.59 Å². The number of hydrogen-bond acceptors (Lipinski definition) is 2. The van der Waals surface area contributed by atoms with Crippen molar-refractivity contribution in [2.24, 2.45) is 5.73 Å². The van der Waals surface area contributed by atoms with Crippen LogP contribution in [-0.2, 0) is 9.59 Å². The van der Waals surface area contributed by atoms with E-state index in [2.05, 4.69) is 5.73 Å². The van der Waals surface area contributed by atoms with Crippen LogP contribution in [0.25, 0.3) is 0 Å². The van der Waals surface area contributed by atoms with Crippen LogP contribution >= 0.6 is 0 Å².